The normalized spacial score (nSPS) is 42.8. The lowest BCUT2D eigenvalue weighted by Gasteiger charge is -2.42. The van der Waals surface area contributed by atoms with Crippen molar-refractivity contribution in [1.29, 1.82) is 0 Å². The van der Waals surface area contributed by atoms with Gasteiger partial charge in [-0.15, -0.1) is 0 Å². The van der Waals surface area contributed by atoms with Crippen molar-refractivity contribution in [1.82, 2.24) is 9.80 Å². The second kappa shape index (κ2) is 4.63. The molecule has 0 aromatic rings. The van der Waals surface area contributed by atoms with Crippen LogP contribution in [0.5, 0.6) is 0 Å². The lowest BCUT2D eigenvalue weighted by Crippen LogP contribution is -2.49. The van der Waals surface area contributed by atoms with E-state index in [-0.39, 0.29) is 5.41 Å². The topological polar surface area (TPSA) is 26.7 Å². The van der Waals surface area contributed by atoms with Crippen molar-refractivity contribution in [3.05, 3.63) is 0 Å². The minimum atomic E-state index is 0.142. The number of rotatable bonds is 2. The molecule has 16 heavy (non-hydrogen) atoms. The van der Waals surface area contributed by atoms with Gasteiger partial charge in [-0.1, -0.05) is 6.92 Å². The van der Waals surface area contributed by atoms with E-state index >= 15 is 0 Å². The molecule has 0 saturated carbocycles. The van der Waals surface area contributed by atoms with Crippen LogP contribution >= 0.6 is 0 Å². The van der Waals surface area contributed by atoms with Gasteiger partial charge in [-0.2, -0.15) is 0 Å². The van der Waals surface area contributed by atoms with Gasteiger partial charge >= 0.3 is 0 Å². The molecule has 2 saturated heterocycles. The number of likely N-dealkylation sites (tertiary alicyclic amines) is 2. The smallest absolute Gasteiger partial charge is 0.0497 e. The number of piperidine rings is 1. The molecule has 2 heterocycles. The van der Waals surface area contributed by atoms with Gasteiger partial charge in [0.25, 0.3) is 0 Å². The van der Waals surface area contributed by atoms with Gasteiger partial charge in [0.2, 0.25) is 0 Å². The van der Waals surface area contributed by atoms with E-state index in [0.717, 1.165) is 6.54 Å². The zero-order valence-corrected chi connectivity index (χ0v) is 10.9. The SMILES string of the molecule is CC1CC(N2CCCC(C)(CO)C2)CN1C. The molecule has 94 valence electrons. The van der Waals surface area contributed by atoms with Crippen molar-refractivity contribution in [2.24, 2.45) is 5.41 Å². The Labute approximate surface area is 99.4 Å². The van der Waals surface area contributed by atoms with Gasteiger partial charge in [0.1, 0.15) is 0 Å². The fourth-order valence-electron chi connectivity index (χ4n) is 3.22. The third kappa shape index (κ3) is 2.41. The Morgan fingerprint density at radius 2 is 2.19 bits per heavy atom. The number of aliphatic hydroxyl groups is 1. The fraction of sp³-hybridized carbons (Fsp3) is 1.00. The maximum Gasteiger partial charge on any atom is 0.0497 e. The molecule has 0 spiro atoms. The van der Waals surface area contributed by atoms with Gasteiger partial charge in [-0.25, -0.2) is 0 Å². The molecule has 3 heteroatoms. The molecule has 0 aromatic heterocycles. The number of hydrogen-bond acceptors (Lipinski definition) is 3. The van der Waals surface area contributed by atoms with E-state index in [9.17, 15) is 5.11 Å². The summed E-state index contributed by atoms with van der Waals surface area (Å²) in [7, 11) is 2.22. The Morgan fingerprint density at radius 1 is 1.44 bits per heavy atom. The number of hydrogen-bond donors (Lipinski definition) is 1. The number of aliphatic hydroxyl groups excluding tert-OH is 1. The third-order valence-corrected chi connectivity index (χ3v) is 4.57. The molecule has 2 rings (SSSR count). The highest BCUT2D eigenvalue weighted by atomic mass is 16.3. The lowest BCUT2D eigenvalue weighted by atomic mass is 9.82. The summed E-state index contributed by atoms with van der Waals surface area (Å²) in [6, 6.07) is 1.43. The molecule has 0 bridgehead atoms. The van der Waals surface area contributed by atoms with E-state index < -0.39 is 0 Å². The van der Waals surface area contributed by atoms with Crippen molar-refractivity contribution < 1.29 is 5.11 Å². The average molecular weight is 226 g/mol. The zero-order chi connectivity index (χ0) is 11.8. The maximum absolute atomic E-state index is 9.48. The molecule has 0 radical (unpaired) electrons. The molecule has 2 aliphatic rings. The molecule has 3 nitrogen and oxygen atoms in total. The van der Waals surface area contributed by atoms with Crippen LogP contribution in [-0.4, -0.2) is 60.3 Å². The lowest BCUT2D eigenvalue weighted by molar-refractivity contribution is 0.0269. The highest BCUT2D eigenvalue weighted by molar-refractivity contribution is 4.92. The molecule has 0 aromatic carbocycles. The minimum Gasteiger partial charge on any atom is -0.396 e. The molecule has 0 amide bonds. The summed E-state index contributed by atoms with van der Waals surface area (Å²) in [6.07, 6.45) is 3.71. The third-order valence-electron chi connectivity index (χ3n) is 4.57. The predicted octanol–water partition coefficient (Wildman–Crippen LogP) is 1.17. The Bertz CT molecular complexity index is 236. The largest absolute Gasteiger partial charge is 0.396 e. The van der Waals surface area contributed by atoms with Gasteiger partial charge < -0.3 is 10.0 Å². The highest BCUT2D eigenvalue weighted by Crippen LogP contribution is 2.32. The summed E-state index contributed by atoms with van der Waals surface area (Å²) >= 11 is 0. The Kier molecular flexibility index (Phi) is 3.57. The predicted molar refractivity (Wildman–Crippen MR) is 66.5 cm³/mol. The van der Waals surface area contributed by atoms with E-state index in [1.165, 1.54) is 32.4 Å². The van der Waals surface area contributed by atoms with E-state index in [4.69, 9.17) is 0 Å². The summed E-state index contributed by atoms with van der Waals surface area (Å²) in [5.74, 6) is 0. The molecular weight excluding hydrogens is 200 g/mol. The summed E-state index contributed by atoms with van der Waals surface area (Å²) in [5.41, 5.74) is 0.142. The van der Waals surface area contributed by atoms with Crippen LogP contribution in [-0.2, 0) is 0 Å². The van der Waals surface area contributed by atoms with Gasteiger partial charge in [-0.05, 0) is 39.8 Å². The van der Waals surface area contributed by atoms with E-state index in [2.05, 4.69) is 30.7 Å². The first-order chi connectivity index (χ1) is 7.54. The van der Waals surface area contributed by atoms with Crippen LogP contribution in [0.4, 0.5) is 0 Å². The molecule has 0 aliphatic carbocycles. The van der Waals surface area contributed by atoms with Crippen molar-refractivity contribution >= 4 is 0 Å². The van der Waals surface area contributed by atoms with Crippen LogP contribution in [0.15, 0.2) is 0 Å². The molecule has 2 fully saturated rings. The van der Waals surface area contributed by atoms with E-state index in [0.29, 0.717) is 18.7 Å². The summed E-state index contributed by atoms with van der Waals surface area (Å²) in [4.78, 5) is 5.06. The quantitative estimate of drug-likeness (QED) is 0.766. The van der Waals surface area contributed by atoms with Gasteiger partial charge in [-0.3, -0.25) is 4.90 Å². The highest BCUT2D eigenvalue weighted by Gasteiger charge is 2.37. The van der Waals surface area contributed by atoms with Crippen LogP contribution in [0.25, 0.3) is 0 Å². The zero-order valence-electron chi connectivity index (χ0n) is 10.9. The Morgan fingerprint density at radius 3 is 2.75 bits per heavy atom. The molecular formula is C13H26N2O. The number of nitrogens with zero attached hydrogens (tertiary/aromatic N) is 2. The van der Waals surface area contributed by atoms with Crippen LogP contribution in [0.3, 0.4) is 0 Å². The van der Waals surface area contributed by atoms with E-state index in [1.807, 2.05) is 0 Å². The average Bonchev–Trinajstić information content (AvgIpc) is 2.60. The van der Waals surface area contributed by atoms with Crippen molar-refractivity contribution in [3.8, 4) is 0 Å². The van der Waals surface area contributed by atoms with Gasteiger partial charge in [0, 0.05) is 37.2 Å². The second-order valence-electron chi connectivity index (χ2n) is 6.22. The van der Waals surface area contributed by atoms with Crippen LogP contribution in [0.2, 0.25) is 0 Å². The van der Waals surface area contributed by atoms with Gasteiger partial charge in [0.05, 0.1) is 0 Å². The van der Waals surface area contributed by atoms with Crippen LogP contribution in [0.1, 0.15) is 33.1 Å². The van der Waals surface area contributed by atoms with Crippen LogP contribution < -0.4 is 0 Å². The number of likely N-dealkylation sites (N-methyl/N-ethyl adjacent to an activating group) is 1. The molecule has 1 N–H and O–H groups in total. The van der Waals surface area contributed by atoms with E-state index in [1.54, 1.807) is 0 Å². The van der Waals surface area contributed by atoms with Crippen molar-refractivity contribution in [2.75, 3.05) is 33.3 Å². The first-order valence-electron chi connectivity index (χ1n) is 6.59. The molecule has 2 aliphatic heterocycles. The fourth-order valence-corrected chi connectivity index (χ4v) is 3.22. The summed E-state index contributed by atoms with van der Waals surface area (Å²) in [5, 5.41) is 9.48. The monoisotopic (exact) mass is 226 g/mol. The Hall–Kier alpha value is -0.120. The van der Waals surface area contributed by atoms with Crippen LogP contribution in [0, 0.1) is 5.41 Å². The second-order valence-corrected chi connectivity index (χ2v) is 6.22. The summed E-state index contributed by atoms with van der Waals surface area (Å²) < 4.78 is 0. The summed E-state index contributed by atoms with van der Waals surface area (Å²) in [6.45, 7) is 8.37. The van der Waals surface area contributed by atoms with Crippen molar-refractivity contribution in [3.63, 3.8) is 0 Å². The maximum atomic E-state index is 9.48. The minimum absolute atomic E-state index is 0.142. The first-order valence-corrected chi connectivity index (χ1v) is 6.59. The Balaban J connectivity index is 1.95. The standard InChI is InChI=1S/C13H26N2O/c1-11-7-12(8-14(11)3)15-6-4-5-13(2,9-15)10-16/h11-12,16H,4-10H2,1-3H3. The molecule has 3 atom stereocenters. The van der Waals surface area contributed by atoms with Gasteiger partial charge in [0.15, 0.2) is 0 Å². The first kappa shape index (κ1) is 12.3. The van der Waals surface area contributed by atoms with Crippen molar-refractivity contribution in [2.45, 2.75) is 45.2 Å². The molecule has 3 unspecified atom stereocenters.